The molecule has 0 saturated carbocycles. The minimum atomic E-state index is -3.27. The smallest absolute Gasteiger partial charge is 0.179 e. The van der Waals surface area contributed by atoms with Crippen molar-refractivity contribution in [2.75, 3.05) is 39.6 Å². The van der Waals surface area contributed by atoms with Gasteiger partial charge < -0.3 is 14.4 Å². The lowest BCUT2D eigenvalue weighted by atomic mass is 9.90. The third-order valence-electron chi connectivity index (χ3n) is 5.81. The van der Waals surface area contributed by atoms with Gasteiger partial charge in [-0.15, -0.1) is 0 Å². The molecule has 0 aliphatic carbocycles. The van der Waals surface area contributed by atoms with Crippen molar-refractivity contribution in [3.63, 3.8) is 0 Å². The number of hydrogen-bond acceptors (Lipinski definition) is 5. The van der Waals surface area contributed by atoms with Crippen LogP contribution < -0.4 is 9.47 Å². The molecule has 0 aromatic heterocycles. The van der Waals surface area contributed by atoms with Gasteiger partial charge in [-0.1, -0.05) is 11.6 Å². The maximum atomic E-state index is 12.5. The molecule has 1 heterocycles. The van der Waals surface area contributed by atoms with E-state index >= 15 is 0 Å². The van der Waals surface area contributed by atoms with Crippen LogP contribution in [0.3, 0.4) is 0 Å². The number of sulfone groups is 1. The molecule has 0 spiro atoms. The van der Waals surface area contributed by atoms with Crippen LogP contribution in [0.2, 0.25) is 5.02 Å². The molecule has 164 valence electrons. The molecule has 0 N–H and O–H groups in total. The van der Waals surface area contributed by atoms with E-state index in [0.717, 1.165) is 50.3 Å². The highest BCUT2D eigenvalue weighted by molar-refractivity contribution is 7.91. The summed E-state index contributed by atoms with van der Waals surface area (Å²) < 4.78 is 35.8. The van der Waals surface area contributed by atoms with Crippen molar-refractivity contribution >= 4 is 21.4 Å². The van der Waals surface area contributed by atoms with E-state index < -0.39 is 9.84 Å². The molecule has 1 aliphatic rings. The van der Waals surface area contributed by atoms with E-state index in [4.69, 9.17) is 21.1 Å². The molecular weight excluding hydrogens is 422 g/mol. The van der Waals surface area contributed by atoms with Crippen LogP contribution in [0, 0.1) is 5.92 Å². The molecule has 3 rings (SSSR count). The number of hydrogen-bond donors (Lipinski definition) is 0. The summed E-state index contributed by atoms with van der Waals surface area (Å²) in [5, 5.41) is 0.545. The minimum absolute atomic E-state index is 0.142. The number of methoxy groups -OCH3 is 2. The molecule has 7 heteroatoms. The first-order valence-corrected chi connectivity index (χ1v) is 12.4. The van der Waals surface area contributed by atoms with Gasteiger partial charge in [-0.25, -0.2) is 8.42 Å². The Morgan fingerprint density at radius 3 is 2.17 bits per heavy atom. The SMILES string of the molecule is COc1cc(CCC2CCN(CCS(=O)(=O)c3ccc(Cl)cc3)CC2)cc(OC)c1. The second kappa shape index (κ2) is 10.5. The molecule has 2 aromatic rings. The van der Waals surface area contributed by atoms with Gasteiger partial charge in [0.2, 0.25) is 0 Å². The van der Waals surface area contributed by atoms with Crippen LogP contribution in [0.1, 0.15) is 24.8 Å². The third-order valence-corrected chi connectivity index (χ3v) is 7.77. The zero-order valence-corrected chi connectivity index (χ0v) is 19.2. The van der Waals surface area contributed by atoms with Gasteiger partial charge in [0.25, 0.3) is 0 Å². The van der Waals surface area contributed by atoms with Gasteiger partial charge >= 0.3 is 0 Å². The molecule has 5 nitrogen and oxygen atoms in total. The lowest BCUT2D eigenvalue weighted by molar-refractivity contribution is 0.187. The number of piperidine rings is 1. The average Bonchev–Trinajstić information content (AvgIpc) is 2.77. The quantitative estimate of drug-likeness (QED) is 0.562. The van der Waals surface area contributed by atoms with Gasteiger partial charge in [-0.05, 0) is 86.7 Å². The second-order valence-corrected chi connectivity index (χ2v) is 10.4. The van der Waals surface area contributed by atoms with E-state index in [1.165, 1.54) is 5.56 Å². The fraction of sp³-hybridized carbons (Fsp3) is 0.478. The summed E-state index contributed by atoms with van der Waals surface area (Å²) in [6, 6.07) is 12.4. The fourth-order valence-corrected chi connectivity index (χ4v) is 5.30. The maximum Gasteiger partial charge on any atom is 0.179 e. The molecule has 0 amide bonds. The number of halogens is 1. The van der Waals surface area contributed by atoms with Crippen molar-refractivity contribution in [1.82, 2.24) is 4.90 Å². The van der Waals surface area contributed by atoms with Crippen molar-refractivity contribution in [3.8, 4) is 11.5 Å². The van der Waals surface area contributed by atoms with E-state index in [0.29, 0.717) is 22.4 Å². The maximum absolute atomic E-state index is 12.5. The minimum Gasteiger partial charge on any atom is -0.497 e. The Labute approximate surface area is 184 Å². The summed E-state index contributed by atoms with van der Waals surface area (Å²) in [5.74, 6) is 2.44. The largest absolute Gasteiger partial charge is 0.497 e. The van der Waals surface area contributed by atoms with Crippen molar-refractivity contribution < 1.29 is 17.9 Å². The normalized spacial score (nSPS) is 15.8. The molecule has 1 aliphatic heterocycles. The van der Waals surface area contributed by atoms with E-state index in [2.05, 4.69) is 17.0 Å². The lowest BCUT2D eigenvalue weighted by Gasteiger charge is -2.32. The number of aryl methyl sites for hydroxylation is 1. The third kappa shape index (κ3) is 6.37. The van der Waals surface area contributed by atoms with Crippen LogP contribution in [0.25, 0.3) is 0 Å². The van der Waals surface area contributed by atoms with Gasteiger partial charge in [-0.3, -0.25) is 0 Å². The molecular formula is C23H30ClNO4S. The first-order chi connectivity index (χ1) is 14.4. The Kier molecular flexibility index (Phi) is 8.03. The van der Waals surface area contributed by atoms with Crippen LogP contribution in [-0.2, 0) is 16.3 Å². The Morgan fingerprint density at radius 2 is 1.60 bits per heavy atom. The average molecular weight is 452 g/mol. The molecule has 0 radical (unpaired) electrons. The Balaban J connectivity index is 1.44. The van der Waals surface area contributed by atoms with Gasteiger partial charge in [0.15, 0.2) is 9.84 Å². The van der Waals surface area contributed by atoms with E-state index in [-0.39, 0.29) is 5.75 Å². The first-order valence-electron chi connectivity index (χ1n) is 10.3. The molecule has 0 atom stereocenters. The van der Waals surface area contributed by atoms with E-state index in [1.807, 2.05) is 6.07 Å². The zero-order valence-electron chi connectivity index (χ0n) is 17.6. The van der Waals surface area contributed by atoms with Crippen LogP contribution in [0.4, 0.5) is 0 Å². The van der Waals surface area contributed by atoms with Gasteiger partial charge in [0.05, 0.1) is 24.9 Å². The first kappa shape index (κ1) is 22.9. The number of ether oxygens (including phenoxy) is 2. The van der Waals surface area contributed by atoms with Crippen LogP contribution >= 0.6 is 11.6 Å². The van der Waals surface area contributed by atoms with Gasteiger partial charge in [-0.2, -0.15) is 0 Å². The highest BCUT2D eigenvalue weighted by Crippen LogP contribution is 2.27. The summed E-state index contributed by atoms with van der Waals surface area (Å²) in [4.78, 5) is 2.61. The Bertz CT molecular complexity index is 900. The van der Waals surface area contributed by atoms with Crippen LogP contribution in [0.5, 0.6) is 11.5 Å². The summed E-state index contributed by atoms with van der Waals surface area (Å²) in [7, 11) is 0.0626. The standard InChI is InChI=1S/C23H30ClNO4S/c1-28-21-15-19(16-22(17-21)29-2)4-3-18-9-11-25(12-10-18)13-14-30(26,27)23-7-5-20(24)6-8-23/h5-8,15-18H,3-4,9-14H2,1-2H3. The number of benzene rings is 2. The van der Waals surface area contributed by atoms with E-state index in [9.17, 15) is 8.42 Å². The van der Waals surface area contributed by atoms with Crippen molar-refractivity contribution in [3.05, 3.63) is 53.1 Å². The Morgan fingerprint density at radius 1 is 1.00 bits per heavy atom. The lowest BCUT2D eigenvalue weighted by Crippen LogP contribution is -2.37. The van der Waals surface area contributed by atoms with Gasteiger partial charge in [0.1, 0.15) is 11.5 Å². The van der Waals surface area contributed by atoms with Crippen molar-refractivity contribution in [1.29, 1.82) is 0 Å². The molecule has 0 unspecified atom stereocenters. The number of nitrogens with zero attached hydrogens (tertiary/aromatic N) is 1. The topological polar surface area (TPSA) is 55.8 Å². The number of rotatable bonds is 9. The van der Waals surface area contributed by atoms with Crippen LogP contribution in [-0.4, -0.2) is 52.9 Å². The predicted octanol–water partition coefficient (Wildman–Crippen LogP) is 4.48. The Hall–Kier alpha value is -1.76. The molecule has 2 aromatic carbocycles. The zero-order chi connectivity index (χ0) is 21.6. The molecule has 0 bridgehead atoms. The summed E-state index contributed by atoms with van der Waals surface area (Å²) >= 11 is 5.85. The summed E-state index contributed by atoms with van der Waals surface area (Å²) in [6.45, 7) is 2.47. The predicted molar refractivity (Wildman–Crippen MR) is 121 cm³/mol. The molecule has 1 saturated heterocycles. The molecule has 30 heavy (non-hydrogen) atoms. The summed E-state index contributed by atoms with van der Waals surface area (Å²) in [5.41, 5.74) is 1.22. The van der Waals surface area contributed by atoms with Crippen molar-refractivity contribution in [2.45, 2.75) is 30.6 Å². The summed E-state index contributed by atoms with van der Waals surface area (Å²) in [6.07, 6.45) is 4.31. The highest BCUT2D eigenvalue weighted by Gasteiger charge is 2.22. The fourth-order valence-electron chi connectivity index (χ4n) is 3.89. The van der Waals surface area contributed by atoms with E-state index in [1.54, 1.807) is 38.5 Å². The molecule has 1 fully saturated rings. The van der Waals surface area contributed by atoms with Gasteiger partial charge in [0, 0.05) is 17.6 Å². The van der Waals surface area contributed by atoms with Crippen molar-refractivity contribution in [2.24, 2.45) is 5.92 Å². The second-order valence-electron chi connectivity index (χ2n) is 7.82. The van der Waals surface area contributed by atoms with Crippen LogP contribution in [0.15, 0.2) is 47.4 Å². The highest BCUT2D eigenvalue weighted by atomic mass is 35.5. The monoisotopic (exact) mass is 451 g/mol. The number of likely N-dealkylation sites (tertiary alicyclic amines) is 1.